The zero-order chi connectivity index (χ0) is 25.0. The third kappa shape index (κ3) is 5.50. The summed E-state index contributed by atoms with van der Waals surface area (Å²) in [6, 6.07) is 18.7. The Morgan fingerprint density at radius 2 is 1.49 bits per heavy atom. The van der Waals surface area contributed by atoms with Crippen LogP contribution in [-0.2, 0) is 10.0 Å². The van der Waals surface area contributed by atoms with E-state index in [1.807, 2.05) is 4.90 Å². The Kier molecular flexibility index (Phi) is 7.13. The molecule has 0 aliphatic carbocycles. The number of piperazine rings is 1. The van der Waals surface area contributed by atoms with Crippen LogP contribution in [0.15, 0.2) is 77.7 Å². The van der Waals surface area contributed by atoms with Gasteiger partial charge in [-0.3, -0.25) is 20.4 Å². The van der Waals surface area contributed by atoms with Gasteiger partial charge in [0.1, 0.15) is 5.82 Å². The fourth-order valence-electron chi connectivity index (χ4n) is 3.87. The minimum Gasteiger partial charge on any atom is -0.369 e. The number of anilines is 1. The van der Waals surface area contributed by atoms with Gasteiger partial charge in [0.25, 0.3) is 11.8 Å². The molecule has 8 nitrogen and oxygen atoms in total. The molecule has 0 spiro atoms. The Hall–Kier alpha value is -3.76. The van der Waals surface area contributed by atoms with E-state index in [0.717, 1.165) is 11.3 Å². The summed E-state index contributed by atoms with van der Waals surface area (Å²) in [6.45, 7) is 3.20. The molecule has 1 aliphatic rings. The van der Waals surface area contributed by atoms with Gasteiger partial charge in [-0.15, -0.1) is 0 Å². The molecule has 0 unspecified atom stereocenters. The lowest BCUT2D eigenvalue weighted by molar-refractivity contribution is 0.0846. The lowest BCUT2D eigenvalue weighted by Gasteiger charge is -2.35. The Morgan fingerprint density at radius 1 is 0.829 bits per heavy atom. The zero-order valence-corrected chi connectivity index (χ0v) is 19.9. The largest absolute Gasteiger partial charge is 0.369 e. The van der Waals surface area contributed by atoms with Crippen molar-refractivity contribution in [3.63, 3.8) is 0 Å². The fraction of sp³-hybridized carbons (Fsp3) is 0.200. The van der Waals surface area contributed by atoms with Gasteiger partial charge in [-0.1, -0.05) is 24.3 Å². The molecule has 3 aromatic carbocycles. The fourth-order valence-corrected chi connectivity index (χ4v) is 5.33. The maximum absolute atomic E-state index is 13.2. The van der Waals surface area contributed by atoms with Crippen molar-refractivity contribution in [3.8, 4) is 0 Å². The molecule has 1 fully saturated rings. The molecule has 1 heterocycles. The summed E-state index contributed by atoms with van der Waals surface area (Å²) in [5, 5.41) is 0. The van der Waals surface area contributed by atoms with Gasteiger partial charge >= 0.3 is 0 Å². The Labute approximate surface area is 203 Å². The summed E-state index contributed by atoms with van der Waals surface area (Å²) in [7, 11) is -3.83. The van der Waals surface area contributed by atoms with Gasteiger partial charge in [0.15, 0.2) is 0 Å². The summed E-state index contributed by atoms with van der Waals surface area (Å²) in [5.74, 6) is -1.43. The maximum Gasteiger partial charge on any atom is 0.269 e. The number of carbonyl (C=O) groups is 2. The quantitative estimate of drug-likeness (QED) is 0.530. The molecule has 1 aliphatic heterocycles. The number of rotatable bonds is 5. The van der Waals surface area contributed by atoms with Gasteiger partial charge in [0, 0.05) is 43.0 Å². The first-order chi connectivity index (χ1) is 16.8. The molecule has 0 atom stereocenters. The average molecular weight is 497 g/mol. The van der Waals surface area contributed by atoms with Crippen LogP contribution in [0.2, 0.25) is 0 Å². The topological polar surface area (TPSA) is 98.8 Å². The number of hydrogen-bond acceptors (Lipinski definition) is 5. The van der Waals surface area contributed by atoms with E-state index in [2.05, 4.69) is 10.9 Å². The molecular formula is C25H25FN4O4S. The Bertz CT molecular complexity index is 1340. The van der Waals surface area contributed by atoms with Gasteiger partial charge in [-0.2, -0.15) is 4.31 Å². The van der Waals surface area contributed by atoms with Gasteiger partial charge in [-0.25, -0.2) is 12.8 Å². The van der Waals surface area contributed by atoms with E-state index in [1.54, 1.807) is 43.3 Å². The van der Waals surface area contributed by atoms with Crippen molar-refractivity contribution in [2.75, 3.05) is 31.1 Å². The maximum atomic E-state index is 13.2. The SMILES string of the molecule is Cc1ccccc1C(=O)NNC(=O)c1cccc(S(=O)(=O)N2CCN(c3ccc(F)cc3)CC2)c1. The van der Waals surface area contributed by atoms with Crippen LogP contribution >= 0.6 is 0 Å². The molecule has 0 bridgehead atoms. The number of hydrazine groups is 1. The summed E-state index contributed by atoms with van der Waals surface area (Å²) in [6.07, 6.45) is 0. The van der Waals surface area contributed by atoms with Crippen LogP contribution in [0.1, 0.15) is 26.3 Å². The number of nitrogens with one attached hydrogen (secondary N) is 2. The predicted molar refractivity (Wildman–Crippen MR) is 130 cm³/mol. The summed E-state index contributed by atoms with van der Waals surface area (Å²) in [4.78, 5) is 26.9. The average Bonchev–Trinajstić information content (AvgIpc) is 2.88. The van der Waals surface area contributed by atoms with Crippen molar-refractivity contribution in [1.29, 1.82) is 0 Å². The summed E-state index contributed by atoms with van der Waals surface area (Å²) in [5.41, 5.74) is 6.79. The first-order valence-electron chi connectivity index (χ1n) is 11.0. The number of hydrogen-bond donors (Lipinski definition) is 2. The van der Waals surface area contributed by atoms with Crippen molar-refractivity contribution >= 4 is 27.5 Å². The van der Waals surface area contributed by atoms with E-state index in [1.165, 1.54) is 40.7 Å². The van der Waals surface area contributed by atoms with Crippen LogP contribution < -0.4 is 15.8 Å². The summed E-state index contributed by atoms with van der Waals surface area (Å²) >= 11 is 0. The molecule has 0 radical (unpaired) electrons. The van der Waals surface area contributed by atoms with Gasteiger partial charge in [0.05, 0.1) is 4.90 Å². The van der Waals surface area contributed by atoms with Crippen molar-refractivity contribution in [3.05, 3.63) is 95.3 Å². The molecular weight excluding hydrogens is 471 g/mol. The minimum atomic E-state index is -3.83. The molecule has 1 saturated heterocycles. The van der Waals surface area contributed by atoms with Crippen molar-refractivity contribution in [2.45, 2.75) is 11.8 Å². The van der Waals surface area contributed by atoms with E-state index in [0.29, 0.717) is 18.7 Å². The third-order valence-corrected chi connectivity index (χ3v) is 7.74. The van der Waals surface area contributed by atoms with E-state index >= 15 is 0 Å². The second-order valence-electron chi connectivity index (χ2n) is 8.12. The third-order valence-electron chi connectivity index (χ3n) is 5.84. The molecule has 0 saturated carbocycles. The van der Waals surface area contributed by atoms with E-state index < -0.39 is 21.8 Å². The van der Waals surface area contributed by atoms with Crippen LogP contribution in [0.4, 0.5) is 10.1 Å². The van der Waals surface area contributed by atoms with Crippen molar-refractivity contribution in [1.82, 2.24) is 15.2 Å². The number of sulfonamides is 1. The lowest BCUT2D eigenvalue weighted by Crippen LogP contribution is -2.48. The van der Waals surface area contributed by atoms with Crippen LogP contribution in [-0.4, -0.2) is 50.7 Å². The number of halogens is 1. The van der Waals surface area contributed by atoms with Crippen LogP contribution in [0.3, 0.4) is 0 Å². The number of benzene rings is 3. The first kappa shape index (κ1) is 24.4. The second kappa shape index (κ2) is 10.2. The highest BCUT2D eigenvalue weighted by Crippen LogP contribution is 2.22. The highest BCUT2D eigenvalue weighted by atomic mass is 32.2. The van der Waals surface area contributed by atoms with Gasteiger partial charge in [-0.05, 0) is 61.0 Å². The Balaban J connectivity index is 1.40. The molecule has 2 N–H and O–H groups in total. The van der Waals surface area contributed by atoms with E-state index in [-0.39, 0.29) is 29.4 Å². The lowest BCUT2D eigenvalue weighted by atomic mass is 10.1. The van der Waals surface area contributed by atoms with Crippen LogP contribution in [0, 0.1) is 12.7 Å². The number of carbonyl (C=O) groups excluding carboxylic acids is 2. The molecule has 35 heavy (non-hydrogen) atoms. The van der Waals surface area contributed by atoms with Crippen LogP contribution in [0.5, 0.6) is 0 Å². The molecule has 4 rings (SSSR count). The minimum absolute atomic E-state index is 0.00869. The van der Waals surface area contributed by atoms with Crippen molar-refractivity contribution < 1.29 is 22.4 Å². The van der Waals surface area contributed by atoms with E-state index in [4.69, 9.17) is 0 Å². The molecule has 10 heteroatoms. The summed E-state index contributed by atoms with van der Waals surface area (Å²) < 4.78 is 40.9. The number of nitrogens with zero attached hydrogens (tertiary/aromatic N) is 2. The molecule has 182 valence electrons. The molecule has 2 amide bonds. The standard InChI is InChI=1S/C25H25FN4O4S/c1-18-5-2-3-8-23(18)25(32)28-27-24(31)19-6-4-7-22(17-19)35(33,34)30-15-13-29(14-16-30)21-11-9-20(26)10-12-21/h2-12,17H,13-16H2,1H3,(H,27,31)(H,28,32). The highest BCUT2D eigenvalue weighted by Gasteiger charge is 2.29. The second-order valence-corrected chi connectivity index (χ2v) is 10.1. The number of amides is 2. The molecule has 3 aromatic rings. The van der Waals surface area contributed by atoms with E-state index in [9.17, 15) is 22.4 Å². The predicted octanol–water partition coefficient (Wildman–Crippen LogP) is 2.72. The van der Waals surface area contributed by atoms with Crippen molar-refractivity contribution in [2.24, 2.45) is 0 Å². The van der Waals surface area contributed by atoms with Gasteiger partial charge in [0.2, 0.25) is 10.0 Å². The van der Waals surface area contributed by atoms with Gasteiger partial charge < -0.3 is 4.90 Å². The molecule has 0 aromatic heterocycles. The zero-order valence-electron chi connectivity index (χ0n) is 19.1. The number of aryl methyl sites for hydroxylation is 1. The first-order valence-corrected chi connectivity index (χ1v) is 12.5. The normalized spacial score (nSPS) is 14.4. The van der Waals surface area contributed by atoms with Crippen LogP contribution in [0.25, 0.3) is 0 Å². The smallest absolute Gasteiger partial charge is 0.269 e. The highest BCUT2D eigenvalue weighted by molar-refractivity contribution is 7.89. The monoisotopic (exact) mass is 496 g/mol. The Morgan fingerprint density at radius 3 is 2.17 bits per heavy atom.